The van der Waals surface area contributed by atoms with E-state index < -0.39 is 6.23 Å². The standard InChI is InChI=1S/C15H18N2O2/c18-14-6-3-7-15(19)17(14)9-8-12-10-11-4-1-2-5-13(11)16-12/h1-2,4-5,10,14,16,18H,3,6-9H2. The predicted octanol–water partition coefficient (Wildman–Crippen LogP) is 2.04. The smallest absolute Gasteiger partial charge is 0.224 e. The van der Waals surface area contributed by atoms with Gasteiger partial charge in [0.25, 0.3) is 0 Å². The van der Waals surface area contributed by atoms with E-state index in [1.807, 2.05) is 18.2 Å². The molecule has 1 aliphatic heterocycles. The summed E-state index contributed by atoms with van der Waals surface area (Å²) in [6, 6.07) is 10.2. The lowest BCUT2D eigenvalue weighted by molar-refractivity contribution is -0.146. The Morgan fingerprint density at radius 1 is 1.37 bits per heavy atom. The minimum absolute atomic E-state index is 0.0647. The quantitative estimate of drug-likeness (QED) is 0.885. The molecule has 1 aromatic carbocycles. The van der Waals surface area contributed by atoms with Gasteiger partial charge in [0.05, 0.1) is 0 Å². The predicted molar refractivity (Wildman–Crippen MR) is 73.6 cm³/mol. The van der Waals surface area contributed by atoms with Gasteiger partial charge >= 0.3 is 0 Å². The Kier molecular flexibility index (Phi) is 3.25. The molecular weight excluding hydrogens is 240 g/mol. The van der Waals surface area contributed by atoms with Gasteiger partial charge in [0.1, 0.15) is 6.23 Å². The number of carbonyl (C=O) groups is 1. The number of H-pyrrole nitrogens is 1. The summed E-state index contributed by atoms with van der Waals surface area (Å²) in [7, 11) is 0. The van der Waals surface area contributed by atoms with Gasteiger partial charge in [-0.15, -0.1) is 0 Å². The van der Waals surface area contributed by atoms with E-state index in [0.717, 1.165) is 24.1 Å². The number of fused-ring (bicyclic) bond motifs is 1. The Labute approximate surface area is 112 Å². The second kappa shape index (κ2) is 5.05. The third-order valence-electron chi connectivity index (χ3n) is 3.74. The van der Waals surface area contributed by atoms with Crippen LogP contribution in [0.1, 0.15) is 25.0 Å². The maximum Gasteiger partial charge on any atom is 0.224 e. The molecule has 100 valence electrons. The zero-order chi connectivity index (χ0) is 13.2. The number of benzene rings is 1. The van der Waals surface area contributed by atoms with Gasteiger partial charge in [-0.25, -0.2) is 0 Å². The van der Waals surface area contributed by atoms with Gasteiger partial charge in [-0.3, -0.25) is 4.79 Å². The lowest BCUT2D eigenvalue weighted by Gasteiger charge is -2.31. The highest BCUT2D eigenvalue weighted by molar-refractivity contribution is 5.80. The molecule has 2 N–H and O–H groups in total. The minimum atomic E-state index is -0.606. The number of nitrogens with zero attached hydrogens (tertiary/aromatic N) is 1. The average molecular weight is 258 g/mol. The van der Waals surface area contributed by atoms with Crippen LogP contribution in [-0.2, 0) is 11.2 Å². The van der Waals surface area contributed by atoms with Gasteiger partial charge in [0.15, 0.2) is 0 Å². The molecule has 4 nitrogen and oxygen atoms in total. The molecule has 2 aromatic rings. The number of rotatable bonds is 3. The third-order valence-corrected chi connectivity index (χ3v) is 3.74. The number of hydrogen-bond donors (Lipinski definition) is 2. The summed E-state index contributed by atoms with van der Waals surface area (Å²) in [5, 5.41) is 11.0. The molecule has 0 radical (unpaired) electrons. The fourth-order valence-corrected chi connectivity index (χ4v) is 2.68. The van der Waals surface area contributed by atoms with E-state index in [4.69, 9.17) is 0 Å². The van der Waals surface area contributed by atoms with Crippen molar-refractivity contribution in [2.24, 2.45) is 0 Å². The first-order valence-corrected chi connectivity index (χ1v) is 6.78. The number of likely N-dealkylation sites (tertiary alicyclic amines) is 1. The number of piperidine rings is 1. The van der Waals surface area contributed by atoms with Crippen molar-refractivity contribution in [1.29, 1.82) is 0 Å². The molecular formula is C15H18N2O2. The fraction of sp³-hybridized carbons (Fsp3) is 0.400. The van der Waals surface area contributed by atoms with Crippen LogP contribution >= 0.6 is 0 Å². The first kappa shape index (κ1) is 12.2. The second-order valence-electron chi connectivity index (χ2n) is 5.09. The molecule has 3 rings (SSSR count). The van der Waals surface area contributed by atoms with E-state index in [-0.39, 0.29) is 5.91 Å². The normalized spacial score (nSPS) is 20.2. The molecule has 0 bridgehead atoms. The number of aliphatic hydroxyl groups excluding tert-OH is 1. The Morgan fingerprint density at radius 2 is 2.21 bits per heavy atom. The van der Waals surface area contributed by atoms with Crippen LogP contribution in [0.25, 0.3) is 10.9 Å². The molecule has 0 aliphatic carbocycles. The Morgan fingerprint density at radius 3 is 3.00 bits per heavy atom. The van der Waals surface area contributed by atoms with Gasteiger partial charge in [-0.05, 0) is 30.4 Å². The number of amides is 1. The number of aromatic nitrogens is 1. The number of hydrogen-bond acceptors (Lipinski definition) is 2. The molecule has 1 fully saturated rings. The molecule has 1 aliphatic rings. The highest BCUT2D eigenvalue weighted by Crippen LogP contribution is 2.18. The van der Waals surface area contributed by atoms with Gasteiger partial charge in [0.2, 0.25) is 5.91 Å². The van der Waals surface area contributed by atoms with Crippen molar-refractivity contribution < 1.29 is 9.90 Å². The summed E-state index contributed by atoms with van der Waals surface area (Å²) in [6.07, 6.45) is 2.19. The van der Waals surface area contributed by atoms with Crippen molar-refractivity contribution in [3.05, 3.63) is 36.0 Å². The summed E-state index contributed by atoms with van der Waals surface area (Å²) in [6.45, 7) is 0.576. The fourth-order valence-electron chi connectivity index (χ4n) is 2.68. The first-order valence-electron chi connectivity index (χ1n) is 6.78. The van der Waals surface area contributed by atoms with Crippen LogP contribution in [0.2, 0.25) is 0 Å². The molecule has 0 saturated carbocycles. The second-order valence-corrected chi connectivity index (χ2v) is 5.09. The topological polar surface area (TPSA) is 56.3 Å². The summed E-state index contributed by atoms with van der Waals surface area (Å²) >= 11 is 0. The van der Waals surface area contributed by atoms with Crippen molar-refractivity contribution in [2.45, 2.75) is 31.9 Å². The zero-order valence-corrected chi connectivity index (χ0v) is 10.8. The highest BCUT2D eigenvalue weighted by Gasteiger charge is 2.25. The van der Waals surface area contributed by atoms with Gasteiger partial charge in [-0.1, -0.05) is 18.2 Å². The van der Waals surface area contributed by atoms with Crippen LogP contribution in [0.15, 0.2) is 30.3 Å². The van der Waals surface area contributed by atoms with E-state index in [9.17, 15) is 9.90 Å². The van der Waals surface area contributed by atoms with Crippen molar-refractivity contribution >= 4 is 16.8 Å². The molecule has 19 heavy (non-hydrogen) atoms. The van der Waals surface area contributed by atoms with E-state index in [1.54, 1.807) is 4.90 Å². The molecule has 1 saturated heterocycles. The SMILES string of the molecule is O=C1CCCC(O)N1CCc1cc2ccccc2[nH]1. The Bertz CT molecular complexity index is 558. The molecule has 2 heterocycles. The first-order chi connectivity index (χ1) is 9.24. The summed E-state index contributed by atoms with van der Waals surface area (Å²) < 4.78 is 0. The van der Waals surface area contributed by atoms with Crippen LogP contribution in [0.4, 0.5) is 0 Å². The van der Waals surface area contributed by atoms with Crippen LogP contribution < -0.4 is 0 Å². The van der Waals surface area contributed by atoms with Gasteiger partial charge < -0.3 is 15.0 Å². The zero-order valence-electron chi connectivity index (χ0n) is 10.8. The summed E-state index contributed by atoms with van der Waals surface area (Å²) in [5.74, 6) is 0.0647. The molecule has 1 atom stereocenters. The van der Waals surface area contributed by atoms with Crippen LogP contribution in [0, 0.1) is 0 Å². The number of aliphatic hydroxyl groups is 1. The van der Waals surface area contributed by atoms with Crippen molar-refractivity contribution in [3.8, 4) is 0 Å². The molecule has 1 unspecified atom stereocenters. The Hall–Kier alpha value is -1.81. The monoisotopic (exact) mass is 258 g/mol. The maximum atomic E-state index is 11.8. The van der Waals surface area contributed by atoms with Crippen LogP contribution in [0.3, 0.4) is 0 Å². The van der Waals surface area contributed by atoms with E-state index in [1.165, 1.54) is 5.39 Å². The number of nitrogens with one attached hydrogen (secondary N) is 1. The lowest BCUT2D eigenvalue weighted by atomic mass is 10.1. The highest BCUT2D eigenvalue weighted by atomic mass is 16.3. The lowest BCUT2D eigenvalue weighted by Crippen LogP contribution is -2.44. The summed E-state index contributed by atoms with van der Waals surface area (Å²) in [4.78, 5) is 16.7. The van der Waals surface area contributed by atoms with E-state index in [2.05, 4.69) is 17.1 Å². The maximum absolute atomic E-state index is 11.8. The molecule has 1 aromatic heterocycles. The van der Waals surface area contributed by atoms with Crippen molar-refractivity contribution in [2.75, 3.05) is 6.54 Å². The van der Waals surface area contributed by atoms with Gasteiger partial charge in [0, 0.05) is 30.6 Å². The van der Waals surface area contributed by atoms with Gasteiger partial charge in [-0.2, -0.15) is 0 Å². The molecule has 0 spiro atoms. The number of carbonyl (C=O) groups excluding carboxylic acids is 1. The minimum Gasteiger partial charge on any atom is -0.374 e. The molecule has 1 amide bonds. The van der Waals surface area contributed by atoms with E-state index >= 15 is 0 Å². The van der Waals surface area contributed by atoms with Crippen LogP contribution in [-0.4, -0.2) is 33.7 Å². The van der Waals surface area contributed by atoms with Crippen molar-refractivity contribution in [3.63, 3.8) is 0 Å². The largest absolute Gasteiger partial charge is 0.374 e. The third kappa shape index (κ3) is 2.49. The number of para-hydroxylation sites is 1. The average Bonchev–Trinajstić information content (AvgIpc) is 2.81. The number of aromatic amines is 1. The van der Waals surface area contributed by atoms with Crippen molar-refractivity contribution in [1.82, 2.24) is 9.88 Å². The van der Waals surface area contributed by atoms with E-state index in [0.29, 0.717) is 19.4 Å². The Balaban J connectivity index is 1.69. The van der Waals surface area contributed by atoms with Crippen LogP contribution in [0.5, 0.6) is 0 Å². The summed E-state index contributed by atoms with van der Waals surface area (Å²) in [5.41, 5.74) is 2.22. The molecule has 4 heteroatoms.